The predicted octanol–water partition coefficient (Wildman–Crippen LogP) is 3.87. The lowest BCUT2D eigenvalue weighted by molar-refractivity contribution is -0.172. The summed E-state index contributed by atoms with van der Waals surface area (Å²) in [5.74, 6) is -3.84. The van der Waals surface area contributed by atoms with E-state index in [1.54, 1.807) is 37.5 Å². The van der Waals surface area contributed by atoms with E-state index in [0.717, 1.165) is 21.4 Å². The highest BCUT2D eigenvalue weighted by Crippen LogP contribution is 2.41. The van der Waals surface area contributed by atoms with E-state index in [1.165, 1.54) is 25.1 Å². The lowest BCUT2D eigenvalue weighted by Gasteiger charge is -2.31. The number of imide groups is 1. The molecule has 17 heteroatoms. The molecule has 0 spiro atoms. The van der Waals surface area contributed by atoms with E-state index < -0.39 is 41.2 Å². The molecule has 0 saturated carbocycles. The van der Waals surface area contributed by atoms with Crippen LogP contribution in [-0.2, 0) is 68.2 Å². The number of amides is 4. The zero-order valence-corrected chi connectivity index (χ0v) is 36.1. The molecule has 16 nitrogen and oxygen atoms in total. The van der Waals surface area contributed by atoms with E-state index in [2.05, 4.69) is 10.6 Å². The summed E-state index contributed by atoms with van der Waals surface area (Å²) in [7, 11) is 0. The van der Waals surface area contributed by atoms with Crippen molar-refractivity contribution in [3.8, 4) is 11.4 Å². The van der Waals surface area contributed by atoms with E-state index in [4.69, 9.17) is 14.5 Å². The van der Waals surface area contributed by atoms with Crippen LogP contribution in [0, 0.1) is 18.7 Å². The van der Waals surface area contributed by atoms with Gasteiger partial charge in [-0.25, -0.2) is 14.2 Å². The number of rotatable bonds is 22. The topological polar surface area (TPSA) is 220 Å². The van der Waals surface area contributed by atoms with E-state index in [-0.39, 0.29) is 92.1 Å². The Morgan fingerprint density at radius 2 is 1.71 bits per heavy atom. The Hall–Kier alpha value is -5.94. The second-order valence-corrected chi connectivity index (χ2v) is 16.6. The molecule has 0 aliphatic carbocycles. The van der Waals surface area contributed by atoms with Gasteiger partial charge >= 0.3 is 5.97 Å². The molecule has 63 heavy (non-hydrogen) atoms. The fraction of sp³-hybridized carbons (Fsp3) is 0.500. The molecule has 3 aromatic rings. The van der Waals surface area contributed by atoms with Crippen molar-refractivity contribution in [1.82, 2.24) is 25.1 Å². The van der Waals surface area contributed by atoms with Crippen LogP contribution in [0.15, 0.2) is 35.1 Å². The first-order valence-electron chi connectivity index (χ1n) is 21.6. The zero-order chi connectivity index (χ0) is 45.6. The van der Waals surface area contributed by atoms with Crippen molar-refractivity contribution in [2.24, 2.45) is 5.92 Å². The van der Waals surface area contributed by atoms with Crippen LogP contribution in [0.3, 0.4) is 0 Å². The third-order valence-electron chi connectivity index (χ3n) is 12.1. The van der Waals surface area contributed by atoms with Crippen molar-refractivity contribution in [1.29, 1.82) is 0 Å². The number of cyclic esters (lactones) is 1. The number of nitrogens with zero attached hydrogens (tertiary/aromatic N) is 3. The number of carbonyl (C=O) groups excluding carboxylic acids is 7. The molecule has 0 unspecified atom stereocenters. The van der Waals surface area contributed by atoms with Gasteiger partial charge in [0, 0.05) is 79.5 Å². The van der Waals surface area contributed by atoms with Crippen molar-refractivity contribution in [2.45, 2.75) is 123 Å². The van der Waals surface area contributed by atoms with Crippen LogP contribution in [0.25, 0.3) is 22.3 Å². The van der Waals surface area contributed by atoms with Gasteiger partial charge in [-0.15, -0.1) is 0 Å². The molecular formula is C46H54FN5O11. The van der Waals surface area contributed by atoms with Gasteiger partial charge in [-0.2, -0.15) is 0 Å². The highest BCUT2D eigenvalue weighted by Gasteiger charge is 2.45. The van der Waals surface area contributed by atoms with E-state index in [0.29, 0.717) is 74.1 Å². The molecule has 336 valence electrons. The number of halogens is 1. The molecule has 4 amide bonds. The van der Waals surface area contributed by atoms with Gasteiger partial charge in [-0.1, -0.05) is 20.3 Å². The number of hydrogen-bond donors (Lipinski definition) is 3. The van der Waals surface area contributed by atoms with Crippen molar-refractivity contribution in [2.75, 3.05) is 19.9 Å². The number of benzene rings is 1. The van der Waals surface area contributed by atoms with Gasteiger partial charge < -0.3 is 29.8 Å². The molecule has 3 atom stereocenters. The average Bonchev–Trinajstić information content (AvgIpc) is 3.78. The summed E-state index contributed by atoms with van der Waals surface area (Å²) in [6.07, 6.45) is 6.10. The second-order valence-electron chi connectivity index (χ2n) is 16.6. The van der Waals surface area contributed by atoms with Crippen LogP contribution >= 0.6 is 0 Å². The molecular weight excluding hydrogens is 818 g/mol. The summed E-state index contributed by atoms with van der Waals surface area (Å²) in [6.45, 7) is 6.92. The Labute approximate surface area is 363 Å². The lowest BCUT2D eigenvalue weighted by atomic mass is 9.86. The van der Waals surface area contributed by atoms with Crippen LogP contribution in [0.4, 0.5) is 4.39 Å². The molecule has 0 fully saturated rings. The summed E-state index contributed by atoms with van der Waals surface area (Å²) in [5.41, 5.74) is 1.54. The van der Waals surface area contributed by atoms with E-state index in [1.807, 2.05) is 0 Å². The number of Topliss-reactive ketones (excluding diaryl/α,β-unsaturated/α-hetero) is 2. The van der Waals surface area contributed by atoms with E-state index >= 15 is 0 Å². The Bertz CT molecular complexity index is 2430. The number of carbonyl (C=O) groups is 7. The number of aliphatic hydroxyl groups is 1. The zero-order valence-electron chi connectivity index (χ0n) is 36.1. The maximum Gasteiger partial charge on any atom is 0.343 e. The summed E-state index contributed by atoms with van der Waals surface area (Å²) >= 11 is 0. The van der Waals surface area contributed by atoms with E-state index in [9.17, 15) is 47.9 Å². The monoisotopic (exact) mass is 871 g/mol. The fourth-order valence-electron chi connectivity index (χ4n) is 8.22. The standard InChI is InChI=1S/C46H54FN5O11/c1-5-46(61)34-21-37-42-32(23-52(37)44(59)33(34)24-63-45(46)60)30(31-20-26(2)35(47)22-36(31)50-42)12-8-10-18-62-25-48-39(55)14-13-38(54)28(4)49-43(58)27(3)19-29(53)11-7-6-9-17-51-40(56)15-16-41(51)57/h15-16,20-22,27-28,61H,5-14,17-19,23-25H2,1-4H3,(H,48,55)(H,49,58)/t27-,28+,46+/m1/s1. The SMILES string of the molecule is CC[C@@]1(O)C(=O)OCc2c1cc1n(c2=O)Cc2c-1nc1cc(F)c(C)cc1c2CCCCOCNC(=O)CCC(=O)[C@H](C)NC(=O)[C@H](C)CC(=O)CCCCCN1C(=O)C=CC1=O. The maximum absolute atomic E-state index is 14.8. The first-order chi connectivity index (χ1) is 30.0. The largest absolute Gasteiger partial charge is 0.458 e. The molecule has 6 rings (SSSR count). The Balaban J connectivity index is 0.915. The average molecular weight is 872 g/mol. The first kappa shape index (κ1) is 46.6. The molecule has 0 bridgehead atoms. The summed E-state index contributed by atoms with van der Waals surface area (Å²) < 4.78 is 27.2. The third-order valence-corrected chi connectivity index (χ3v) is 12.1. The number of fused-ring (bicyclic) bond motifs is 5. The molecule has 1 aromatic carbocycles. The summed E-state index contributed by atoms with van der Waals surface area (Å²) in [4.78, 5) is 106. The highest BCUT2D eigenvalue weighted by atomic mass is 19.1. The van der Waals surface area contributed by atoms with Crippen LogP contribution in [0.5, 0.6) is 0 Å². The van der Waals surface area contributed by atoms with Gasteiger partial charge in [0.2, 0.25) is 11.8 Å². The maximum atomic E-state index is 14.8. The number of aryl methyl sites for hydroxylation is 2. The van der Waals surface area contributed by atoms with Crippen molar-refractivity contribution in [3.63, 3.8) is 0 Å². The number of pyridine rings is 2. The molecule has 2 aromatic heterocycles. The van der Waals surface area contributed by atoms with Crippen LogP contribution < -0.4 is 16.2 Å². The molecule has 0 saturated heterocycles. The van der Waals surface area contributed by atoms with Gasteiger partial charge in [0.15, 0.2) is 11.4 Å². The van der Waals surface area contributed by atoms with Gasteiger partial charge in [-0.3, -0.25) is 38.5 Å². The smallest absolute Gasteiger partial charge is 0.343 e. The van der Waals surface area contributed by atoms with Crippen molar-refractivity contribution < 1.29 is 52.5 Å². The van der Waals surface area contributed by atoms with Crippen molar-refractivity contribution >= 4 is 52.1 Å². The van der Waals surface area contributed by atoms with Gasteiger partial charge in [0.25, 0.3) is 17.4 Å². The van der Waals surface area contributed by atoms with Gasteiger partial charge in [0.05, 0.1) is 35.1 Å². The molecule has 3 N–H and O–H groups in total. The minimum absolute atomic E-state index is 0.00801. The minimum Gasteiger partial charge on any atom is -0.458 e. The van der Waals surface area contributed by atoms with Crippen LogP contribution in [0.1, 0.15) is 113 Å². The quantitative estimate of drug-likeness (QED) is 0.0444. The molecule has 3 aliphatic heterocycles. The highest BCUT2D eigenvalue weighted by molar-refractivity contribution is 6.12. The van der Waals surface area contributed by atoms with Gasteiger partial charge in [0.1, 0.15) is 24.9 Å². The van der Waals surface area contributed by atoms with Gasteiger partial charge in [-0.05, 0) is 75.6 Å². The van der Waals surface area contributed by atoms with Crippen LogP contribution in [0.2, 0.25) is 0 Å². The molecule has 5 heterocycles. The number of esters is 1. The number of nitrogens with one attached hydrogen (secondary N) is 2. The Morgan fingerprint density at radius 3 is 2.44 bits per heavy atom. The Kier molecular flexibility index (Phi) is 14.8. The number of unbranched alkanes of at least 4 members (excludes halogenated alkanes) is 3. The predicted molar refractivity (Wildman–Crippen MR) is 226 cm³/mol. The Morgan fingerprint density at radius 1 is 0.968 bits per heavy atom. The number of ketones is 2. The van der Waals surface area contributed by atoms with Crippen molar-refractivity contribution in [3.05, 3.63) is 74.3 Å². The number of aromatic nitrogens is 2. The number of ether oxygens (including phenoxy) is 2. The summed E-state index contributed by atoms with van der Waals surface area (Å²) in [6, 6.07) is 3.89. The minimum atomic E-state index is -1.97. The first-order valence-corrected chi connectivity index (χ1v) is 21.6. The fourth-order valence-corrected chi connectivity index (χ4v) is 8.22. The second kappa shape index (κ2) is 20.1. The summed E-state index contributed by atoms with van der Waals surface area (Å²) in [5, 5.41) is 17.3. The third kappa shape index (κ3) is 10.3. The normalized spacial score (nSPS) is 17.3. The lowest BCUT2D eigenvalue weighted by Crippen LogP contribution is -2.44. The van der Waals surface area contributed by atoms with Crippen LogP contribution in [-0.4, -0.2) is 86.6 Å². The number of hydrogen-bond acceptors (Lipinski definition) is 12. The molecule has 0 radical (unpaired) electrons. The molecule has 3 aliphatic rings.